The van der Waals surface area contributed by atoms with E-state index in [4.69, 9.17) is 0 Å². The molecule has 1 aromatic carbocycles. The lowest BCUT2D eigenvalue weighted by Crippen LogP contribution is -2.43. The zero-order valence-electron chi connectivity index (χ0n) is 11.1. The molecule has 0 radical (unpaired) electrons. The van der Waals surface area contributed by atoms with E-state index in [2.05, 4.69) is 5.32 Å². The number of halogens is 1. The summed E-state index contributed by atoms with van der Waals surface area (Å²) >= 11 is 0. The first-order chi connectivity index (χ1) is 8.89. The Kier molecular flexibility index (Phi) is 3.96. The van der Waals surface area contributed by atoms with Gasteiger partial charge in [0.2, 0.25) is 10.0 Å². The molecule has 19 heavy (non-hydrogen) atoms. The molecule has 1 saturated heterocycles. The molecular formula is C12H18FN3O2S. The maximum absolute atomic E-state index is 14.1. The first-order valence-corrected chi connectivity index (χ1v) is 7.93. The van der Waals surface area contributed by atoms with Gasteiger partial charge in [0.15, 0.2) is 0 Å². The van der Waals surface area contributed by atoms with E-state index in [1.807, 2.05) is 4.90 Å². The molecule has 0 amide bonds. The van der Waals surface area contributed by atoms with Gasteiger partial charge in [0, 0.05) is 39.3 Å². The first-order valence-electron chi connectivity index (χ1n) is 6.09. The summed E-state index contributed by atoms with van der Waals surface area (Å²) in [7, 11) is -1.96. The van der Waals surface area contributed by atoms with Crippen molar-refractivity contribution in [3.63, 3.8) is 0 Å². The topological polar surface area (TPSA) is 52.6 Å². The lowest BCUT2D eigenvalue weighted by molar-refractivity contribution is 0.566. The highest BCUT2D eigenvalue weighted by molar-refractivity contribution is 7.92. The van der Waals surface area contributed by atoms with Crippen LogP contribution in [0, 0.1) is 5.82 Å². The van der Waals surface area contributed by atoms with Gasteiger partial charge in [0.05, 0.1) is 17.6 Å². The van der Waals surface area contributed by atoms with Crippen LogP contribution in [0.4, 0.5) is 15.8 Å². The number of sulfonamides is 1. The van der Waals surface area contributed by atoms with Gasteiger partial charge in [-0.3, -0.25) is 4.31 Å². The number of piperazine rings is 1. The normalized spacial score (nSPS) is 16.5. The fourth-order valence-corrected chi connectivity index (χ4v) is 2.54. The monoisotopic (exact) mass is 287 g/mol. The van der Waals surface area contributed by atoms with Crippen molar-refractivity contribution in [2.75, 3.05) is 48.7 Å². The SMILES string of the molecule is CN(c1ccc(N2CCNCC2)c(F)c1)S(C)(=O)=O. The molecule has 2 rings (SSSR count). The van der Waals surface area contributed by atoms with Crippen LogP contribution in [0.25, 0.3) is 0 Å². The summed E-state index contributed by atoms with van der Waals surface area (Å²) < 4.78 is 38.0. The van der Waals surface area contributed by atoms with E-state index >= 15 is 0 Å². The van der Waals surface area contributed by atoms with Crippen molar-refractivity contribution < 1.29 is 12.8 Å². The van der Waals surface area contributed by atoms with E-state index in [1.165, 1.54) is 13.1 Å². The molecule has 7 heteroatoms. The lowest BCUT2D eigenvalue weighted by Gasteiger charge is -2.30. The molecular weight excluding hydrogens is 269 g/mol. The van der Waals surface area contributed by atoms with Gasteiger partial charge >= 0.3 is 0 Å². The molecule has 0 aromatic heterocycles. The van der Waals surface area contributed by atoms with Crippen molar-refractivity contribution >= 4 is 21.4 Å². The maximum atomic E-state index is 14.1. The number of rotatable bonds is 3. The standard InChI is InChI=1S/C12H18FN3O2S/c1-15(19(2,17)18)10-3-4-12(11(13)9-10)16-7-5-14-6-8-16/h3-4,9,14H,5-8H2,1-2H3. The van der Waals surface area contributed by atoms with Gasteiger partial charge in [0.1, 0.15) is 5.82 Å². The van der Waals surface area contributed by atoms with E-state index in [0.717, 1.165) is 36.7 Å². The van der Waals surface area contributed by atoms with Gasteiger partial charge in [-0.25, -0.2) is 12.8 Å². The van der Waals surface area contributed by atoms with E-state index in [0.29, 0.717) is 11.4 Å². The van der Waals surface area contributed by atoms with Gasteiger partial charge in [-0.05, 0) is 12.1 Å². The molecule has 0 unspecified atom stereocenters. The predicted molar refractivity (Wildman–Crippen MR) is 74.7 cm³/mol. The van der Waals surface area contributed by atoms with Crippen LogP contribution in [0.2, 0.25) is 0 Å². The van der Waals surface area contributed by atoms with Crippen molar-refractivity contribution in [3.8, 4) is 0 Å². The molecule has 106 valence electrons. The molecule has 0 atom stereocenters. The Morgan fingerprint density at radius 3 is 2.47 bits per heavy atom. The quantitative estimate of drug-likeness (QED) is 0.886. The molecule has 1 heterocycles. The summed E-state index contributed by atoms with van der Waals surface area (Å²) in [6.07, 6.45) is 1.09. The van der Waals surface area contributed by atoms with E-state index in [9.17, 15) is 12.8 Å². The summed E-state index contributed by atoms with van der Waals surface area (Å²) in [6.45, 7) is 3.14. The number of benzene rings is 1. The van der Waals surface area contributed by atoms with Crippen LogP contribution >= 0.6 is 0 Å². The molecule has 1 aliphatic heterocycles. The van der Waals surface area contributed by atoms with Gasteiger partial charge in [-0.15, -0.1) is 0 Å². The van der Waals surface area contributed by atoms with Crippen LogP contribution in [0.5, 0.6) is 0 Å². The Bertz CT molecular complexity index is 556. The number of anilines is 2. The third-order valence-electron chi connectivity index (χ3n) is 3.25. The maximum Gasteiger partial charge on any atom is 0.231 e. The van der Waals surface area contributed by atoms with Crippen LogP contribution in [0.15, 0.2) is 18.2 Å². The van der Waals surface area contributed by atoms with Gasteiger partial charge in [0.25, 0.3) is 0 Å². The minimum absolute atomic E-state index is 0.332. The van der Waals surface area contributed by atoms with E-state index in [1.54, 1.807) is 12.1 Å². The average molecular weight is 287 g/mol. The molecule has 5 nitrogen and oxygen atoms in total. The molecule has 1 aliphatic rings. The van der Waals surface area contributed by atoms with Crippen LogP contribution in [0.1, 0.15) is 0 Å². The molecule has 1 N–H and O–H groups in total. The zero-order valence-corrected chi connectivity index (χ0v) is 11.9. The van der Waals surface area contributed by atoms with Crippen molar-refractivity contribution in [2.24, 2.45) is 0 Å². The summed E-state index contributed by atoms with van der Waals surface area (Å²) in [6, 6.07) is 4.53. The van der Waals surface area contributed by atoms with Crippen LogP contribution < -0.4 is 14.5 Å². The average Bonchev–Trinajstić information content (AvgIpc) is 2.37. The summed E-state index contributed by atoms with van der Waals surface area (Å²) in [5, 5.41) is 3.20. The molecule has 1 fully saturated rings. The second-order valence-corrected chi connectivity index (χ2v) is 6.62. The summed E-state index contributed by atoms with van der Waals surface area (Å²) in [5.74, 6) is -0.394. The second-order valence-electron chi connectivity index (χ2n) is 4.60. The molecule has 1 aromatic rings. The summed E-state index contributed by atoms with van der Waals surface area (Å²) in [5.41, 5.74) is 0.853. The Balaban J connectivity index is 2.26. The minimum atomic E-state index is -3.37. The minimum Gasteiger partial charge on any atom is -0.367 e. The van der Waals surface area contributed by atoms with Crippen LogP contribution in [0.3, 0.4) is 0 Å². The van der Waals surface area contributed by atoms with Crippen molar-refractivity contribution in [1.82, 2.24) is 5.32 Å². The third-order valence-corrected chi connectivity index (χ3v) is 4.46. The summed E-state index contributed by atoms with van der Waals surface area (Å²) in [4.78, 5) is 1.95. The first kappa shape index (κ1) is 14.1. The van der Waals surface area contributed by atoms with Crippen molar-refractivity contribution in [1.29, 1.82) is 0 Å². The molecule has 0 spiro atoms. The number of nitrogens with zero attached hydrogens (tertiary/aromatic N) is 2. The van der Waals surface area contributed by atoms with Crippen LogP contribution in [-0.2, 0) is 10.0 Å². The van der Waals surface area contributed by atoms with Crippen molar-refractivity contribution in [3.05, 3.63) is 24.0 Å². The zero-order chi connectivity index (χ0) is 14.0. The fourth-order valence-electron chi connectivity index (χ4n) is 2.05. The predicted octanol–water partition coefficient (Wildman–Crippen LogP) is 0.631. The van der Waals surface area contributed by atoms with Gasteiger partial charge in [-0.1, -0.05) is 0 Å². The second kappa shape index (κ2) is 5.34. The molecule has 0 aliphatic carbocycles. The highest BCUT2D eigenvalue weighted by Crippen LogP contribution is 2.25. The Morgan fingerprint density at radius 2 is 1.95 bits per heavy atom. The third kappa shape index (κ3) is 3.16. The Morgan fingerprint density at radius 1 is 1.32 bits per heavy atom. The highest BCUT2D eigenvalue weighted by atomic mass is 32.2. The van der Waals surface area contributed by atoms with Crippen molar-refractivity contribution in [2.45, 2.75) is 0 Å². The molecule has 0 saturated carbocycles. The fraction of sp³-hybridized carbons (Fsp3) is 0.500. The Hall–Kier alpha value is -1.34. The largest absolute Gasteiger partial charge is 0.367 e. The molecule has 0 bridgehead atoms. The van der Waals surface area contributed by atoms with Gasteiger partial charge in [-0.2, -0.15) is 0 Å². The van der Waals surface area contributed by atoms with Crippen LogP contribution in [-0.4, -0.2) is 47.9 Å². The number of hydrogen-bond acceptors (Lipinski definition) is 4. The van der Waals surface area contributed by atoms with Gasteiger partial charge < -0.3 is 10.2 Å². The lowest BCUT2D eigenvalue weighted by atomic mass is 10.2. The number of hydrogen-bond donors (Lipinski definition) is 1. The number of nitrogens with one attached hydrogen (secondary N) is 1. The van der Waals surface area contributed by atoms with E-state index in [-0.39, 0.29) is 0 Å². The highest BCUT2D eigenvalue weighted by Gasteiger charge is 2.17. The van der Waals surface area contributed by atoms with E-state index < -0.39 is 15.8 Å². The smallest absolute Gasteiger partial charge is 0.231 e. The Labute approximate surface area is 113 Å².